The van der Waals surface area contributed by atoms with Crippen molar-refractivity contribution in [3.05, 3.63) is 35.6 Å². The molecule has 3 heteroatoms. The number of nitrogens with two attached hydrogens (primary N) is 1. The first-order valence-electron chi connectivity index (χ1n) is 6.78. The topological polar surface area (TPSA) is 29.3 Å². The largest absolute Gasteiger partial charge is 0.313 e. The van der Waals surface area contributed by atoms with Gasteiger partial charge in [0.25, 0.3) is 0 Å². The highest BCUT2D eigenvalue weighted by atomic mass is 19.1. The molecular formula is C15H25FN2. The molecule has 1 atom stereocenters. The second-order valence-electron chi connectivity index (χ2n) is 5.15. The molecule has 1 aromatic rings. The van der Waals surface area contributed by atoms with Crippen LogP contribution in [0.5, 0.6) is 0 Å². The molecule has 1 rings (SSSR count). The maximum atomic E-state index is 13.2. The van der Waals surface area contributed by atoms with E-state index in [-0.39, 0.29) is 5.82 Å². The lowest BCUT2D eigenvalue weighted by atomic mass is 9.99. The molecule has 0 heterocycles. The molecule has 102 valence electrons. The minimum absolute atomic E-state index is 0.194. The van der Waals surface area contributed by atoms with Crippen molar-refractivity contribution >= 4 is 0 Å². The number of benzene rings is 1. The van der Waals surface area contributed by atoms with Gasteiger partial charge >= 0.3 is 0 Å². The number of nitrogens with zero attached hydrogens (tertiary/aromatic N) is 1. The zero-order valence-corrected chi connectivity index (χ0v) is 11.7. The van der Waals surface area contributed by atoms with Crippen LogP contribution in [0, 0.1) is 5.82 Å². The second-order valence-corrected chi connectivity index (χ2v) is 5.15. The minimum atomic E-state index is -0.417. The first-order valence-corrected chi connectivity index (χ1v) is 6.78. The molecule has 0 radical (unpaired) electrons. The van der Waals surface area contributed by atoms with Crippen molar-refractivity contribution in [2.75, 3.05) is 13.1 Å². The van der Waals surface area contributed by atoms with Crippen molar-refractivity contribution in [1.82, 2.24) is 4.90 Å². The highest BCUT2D eigenvalue weighted by Gasteiger charge is 2.26. The predicted octanol–water partition coefficient (Wildman–Crippen LogP) is 3.17. The summed E-state index contributed by atoms with van der Waals surface area (Å²) in [6, 6.07) is 6.71. The molecule has 1 aromatic carbocycles. The molecule has 0 bridgehead atoms. The summed E-state index contributed by atoms with van der Waals surface area (Å²) in [4.78, 5) is 2.29. The van der Waals surface area contributed by atoms with Crippen LogP contribution in [0.3, 0.4) is 0 Å². The minimum Gasteiger partial charge on any atom is -0.313 e. The molecule has 0 amide bonds. The van der Waals surface area contributed by atoms with Gasteiger partial charge in [0.2, 0.25) is 0 Å². The fraction of sp³-hybridized carbons (Fsp3) is 0.600. The molecule has 0 aliphatic carbocycles. The van der Waals surface area contributed by atoms with Gasteiger partial charge in [-0.2, -0.15) is 0 Å². The maximum Gasteiger partial charge on any atom is 0.123 e. The van der Waals surface area contributed by atoms with Crippen LogP contribution < -0.4 is 5.73 Å². The Bertz CT molecular complexity index is 357. The van der Waals surface area contributed by atoms with Gasteiger partial charge in [-0.15, -0.1) is 0 Å². The van der Waals surface area contributed by atoms with Crippen molar-refractivity contribution in [2.24, 2.45) is 5.73 Å². The molecule has 0 saturated heterocycles. The number of hydrogen-bond donors (Lipinski definition) is 1. The van der Waals surface area contributed by atoms with Gasteiger partial charge in [-0.1, -0.05) is 26.0 Å². The highest BCUT2D eigenvalue weighted by Crippen LogP contribution is 2.17. The van der Waals surface area contributed by atoms with E-state index in [0.29, 0.717) is 6.42 Å². The number of halogens is 1. The van der Waals surface area contributed by atoms with Crippen LogP contribution in [0.1, 0.15) is 39.2 Å². The van der Waals surface area contributed by atoms with Crippen LogP contribution in [0.4, 0.5) is 4.39 Å². The maximum absolute atomic E-state index is 13.2. The summed E-state index contributed by atoms with van der Waals surface area (Å²) < 4.78 is 13.2. The van der Waals surface area contributed by atoms with Crippen molar-refractivity contribution in [1.29, 1.82) is 0 Å². The zero-order chi connectivity index (χ0) is 13.6. The van der Waals surface area contributed by atoms with Gasteiger partial charge in [0.05, 0.1) is 5.66 Å². The fourth-order valence-corrected chi connectivity index (χ4v) is 2.33. The third-order valence-corrected chi connectivity index (χ3v) is 3.16. The Morgan fingerprint density at radius 3 is 2.33 bits per heavy atom. The summed E-state index contributed by atoms with van der Waals surface area (Å²) in [5.41, 5.74) is 6.96. The zero-order valence-electron chi connectivity index (χ0n) is 11.7. The van der Waals surface area contributed by atoms with Crippen LogP contribution in [0.2, 0.25) is 0 Å². The van der Waals surface area contributed by atoms with Gasteiger partial charge in [-0.3, -0.25) is 4.90 Å². The summed E-state index contributed by atoms with van der Waals surface area (Å²) in [5.74, 6) is -0.194. The van der Waals surface area contributed by atoms with Crippen LogP contribution in [-0.2, 0) is 6.42 Å². The normalized spacial score (nSPS) is 14.8. The van der Waals surface area contributed by atoms with Crippen molar-refractivity contribution in [2.45, 2.75) is 45.7 Å². The predicted molar refractivity (Wildman–Crippen MR) is 74.9 cm³/mol. The Labute approximate surface area is 110 Å². The Balaban J connectivity index is 2.77. The SMILES string of the molecule is CCCN(CCC)C(C)(N)Cc1cccc(F)c1. The molecule has 0 fully saturated rings. The van der Waals surface area contributed by atoms with Gasteiger partial charge in [0.1, 0.15) is 5.82 Å². The van der Waals surface area contributed by atoms with Gasteiger partial charge < -0.3 is 5.73 Å². The fourth-order valence-electron chi connectivity index (χ4n) is 2.33. The Kier molecular flexibility index (Phi) is 5.76. The molecular weight excluding hydrogens is 227 g/mol. The van der Waals surface area contributed by atoms with E-state index < -0.39 is 5.66 Å². The van der Waals surface area contributed by atoms with Gasteiger partial charge in [0, 0.05) is 6.42 Å². The van der Waals surface area contributed by atoms with E-state index in [0.717, 1.165) is 31.5 Å². The van der Waals surface area contributed by atoms with Crippen LogP contribution in [-0.4, -0.2) is 23.7 Å². The quantitative estimate of drug-likeness (QED) is 0.755. The van der Waals surface area contributed by atoms with Crippen molar-refractivity contribution < 1.29 is 4.39 Å². The van der Waals surface area contributed by atoms with Gasteiger partial charge in [-0.05, 0) is 50.6 Å². The Morgan fingerprint density at radius 1 is 1.22 bits per heavy atom. The summed E-state index contributed by atoms with van der Waals surface area (Å²) in [5, 5.41) is 0. The molecule has 0 saturated carbocycles. The number of hydrogen-bond acceptors (Lipinski definition) is 2. The van der Waals surface area contributed by atoms with E-state index in [2.05, 4.69) is 18.7 Å². The van der Waals surface area contributed by atoms with E-state index in [1.807, 2.05) is 13.0 Å². The molecule has 0 spiro atoms. The van der Waals surface area contributed by atoms with Crippen molar-refractivity contribution in [3.8, 4) is 0 Å². The lowest BCUT2D eigenvalue weighted by molar-refractivity contribution is 0.108. The Hall–Kier alpha value is -0.930. The molecule has 18 heavy (non-hydrogen) atoms. The summed E-state index contributed by atoms with van der Waals surface area (Å²) in [7, 11) is 0. The van der Waals surface area contributed by atoms with Crippen molar-refractivity contribution in [3.63, 3.8) is 0 Å². The van der Waals surface area contributed by atoms with E-state index in [1.165, 1.54) is 6.07 Å². The van der Waals surface area contributed by atoms with Gasteiger partial charge in [0.15, 0.2) is 0 Å². The lowest BCUT2D eigenvalue weighted by Gasteiger charge is -2.38. The standard InChI is InChI=1S/C15H25FN2/c1-4-9-18(10-5-2)15(3,17)12-13-7-6-8-14(16)11-13/h6-8,11H,4-5,9-10,12,17H2,1-3H3. The average molecular weight is 252 g/mol. The summed E-state index contributed by atoms with van der Waals surface area (Å²) in [6.07, 6.45) is 2.83. The van der Waals surface area contributed by atoms with Gasteiger partial charge in [-0.25, -0.2) is 4.39 Å². The van der Waals surface area contributed by atoms with E-state index >= 15 is 0 Å². The van der Waals surface area contributed by atoms with E-state index in [4.69, 9.17) is 5.73 Å². The average Bonchev–Trinajstić information content (AvgIpc) is 2.28. The third kappa shape index (κ3) is 4.39. The first-order chi connectivity index (χ1) is 8.49. The number of rotatable bonds is 7. The highest BCUT2D eigenvalue weighted by molar-refractivity contribution is 5.18. The summed E-state index contributed by atoms with van der Waals surface area (Å²) >= 11 is 0. The van der Waals surface area contributed by atoms with E-state index in [1.54, 1.807) is 12.1 Å². The molecule has 0 aliphatic rings. The Morgan fingerprint density at radius 2 is 1.83 bits per heavy atom. The lowest BCUT2D eigenvalue weighted by Crippen LogP contribution is -2.55. The molecule has 2 nitrogen and oxygen atoms in total. The van der Waals surface area contributed by atoms with Crippen LogP contribution in [0.25, 0.3) is 0 Å². The van der Waals surface area contributed by atoms with Crippen LogP contribution >= 0.6 is 0 Å². The smallest absolute Gasteiger partial charge is 0.123 e. The summed E-state index contributed by atoms with van der Waals surface area (Å²) in [6.45, 7) is 8.30. The molecule has 1 unspecified atom stereocenters. The first kappa shape index (κ1) is 15.1. The molecule has 0 aromatic heterocycles. The van der Waals surface area contributed by atoms with E-state index in [9.17, 15) is 4.39 Å². The molecule has 0 aliphatic heterocycles. The molecule has 2 N–H and O–H groups in total. The monoisotopic (exact) mass is 252 g/mol. The van der Waals surface area contributed by atoms with Crippen LogP contribution in [0.15, 0.2) is 24.3 Å². The second kappa shape index (κ2) is 6.86. The third-order valence-electron chi connectivity index (χ3n) is 3.16.